The fraction of sp³-hybridized carbons (Fsp3) is 0.455. The van der Waals surface area contributed by atoms with Crippen LogP contribution in [0.2, 0.25) is 0 Å². The lowest BCUT2D eigenvalue weighted by Gasteiger charge is -2.34. The molecule has 1 saturated carbocycles. The number of rotatable bonds is 7. The third-order valence-electron chi connectivity index (χ3n) is 5.49. The molecule has 0 aromatic carbocycles. The van der Waals surface area contributed by atoms with Crippen molar-refractivity contribution in [3.63, 3.8) is 0 Å². The maximum absolute atomic E-state index is 12.3. The lowest BCUT2D eigenvalue weighted by molar-refractivity contribution is -0.120. The molecule has 1 aliphatic carbocycles. The first-order chi connectivity index (χ1) is 14.1. The van der Waals surface area contributed by atoms with E-state index in [0.717, 1.165) is 31.4 Å². The molecule has 2 aromatic rings. The molecule has 0 unspecified atom stereocenters. The number of nitrogens with one attached hydrogen (secondary N) is 2. The first-order valence-corrected chi connectivity index (χ1v) is 10.0. The highest BCUT2D eigenvalue weighted by Gasteiger charge is 2.30. The van der Waals surface area contributed by atoms with Crippen LogP contribution in [0.5, 0.6) is 5.88 Å². The summed E-state index contributed by atoms with van der Waals surface area (Å²) in [6, 6.07) is 9.13. The van der Waals surface area contributed by atoms with Crippen LogP contribution in [0.3, 0.4) is 0 Å². The van der Waals surface area contributed by atoms with Crippen LogP contribution in [0.25, 0.3) is 0 Å². The summed E-state index contributed by atoms with van der Waals surface area (Å²) in [5.41, 5.74) is 1.44. The second-order valence-electron chi connectivity index (χ2n) is 7.51. The molecule has 2 heterocycles. The standard InChI is InChI=1S/C22H28N4O3/c1-15(27)26-21(19-5-3-4-12-23-19)17-8-6-16(7-9-17)13-25-22(28)18-10-11-20(29-2)24-14-18/h3-5,10-12,14,16-17,21H,6-9,13H2,1-2H3,(H,25,28)(H,26,27)/t16?,17?,21-/m1/s1. The molecule has 0 aliphatic heterocycles. The third kappa shape index (κ3) is 5.76. The Bertz CT molecular complexity index is 803. The number of carbonyl (C=O) groups excluding carboxylic acids is 2. The second kappa shape index (κ2) is 10.0. The van der Waals surface area contributed by atoms with Gasteiger partial charge in [0.25, 0.3) is 5.91 Å². The number of nitrogens with zero attached hydrogens (tertiary/aromatic N) is 2. The molecule has 7 nitrogen and oxygen atoms in total. The van der Waals surface area contributed by atoms with E-state index in [-0.39, 0.29) is 17.9 Å². The van der Waals surface area contributed by atoms with E-state index >= 15 is 0 Å². The smallest absolute Gasteiger partial charge is 0.252 e. The minimum absolute atomic E-state index is 0.0388. The summed E-state index contributed by atoms with van der Waals surface area (Å²) in [7, 11) is 1.54. The summed E-state index contributed by atoms with van der Waals surface area (Å²) in [6.45, 7) is 2.19. The number of ether oxygens (including phenoxy) is 1. The molecule has 2 amide bonds. The molecule has 0 bridgehead atoms. The van der Waals surface area contributed by atoms with Crippen molar-refractivity contribution in [1.82, 2.24) is 20.6 Å². The molecule has 1 atom stereocenters. The molecule has 154 valence electrons. The van der Waals surface area contributed by atoms with Crippen molar-refractivity contribution in [2.24, 2.45) is 11.8 Å². The summed E-state index contributed by atoms with van der Waals surface area (Å²) >= 11 is 0. The van der Waals surface area contributed by atoms with Crippen LogP contribution in [0.1, 0.15) is 54.7 Å². The van der Waals surface area contributed by atoms with Gasteiger partial charge in [-0.25, -0.2) is 4.98 Å². The fourth-order valence-corrected chi connectivity index (χ4v) is 3.91. The van der Waals surface area contributed by atoms with Crippen molar-refractivity contribution in [1.29, 1.82) is 0 Å². The predicted octanol–water partition coefficient (Wildman–Crippen LogP) is 2.90. The van der Waals surface area contributed by atoms with Gasteiger partial charge in [-0.3, -0.25) is 14.6 Å². The summed E-state index contributed by atoms with van der Waals surface area (Å²) < 4.78 is 5.02. The number of amides is 2. The molecular formula is C22H28N4O3. The van der Waals surface area contributed by atoms with E-state index in [1.807, 2.05) is 18.2 Å². The molecule has 2 N–H and O–H groups in total. The highest BCUT2D eigenvalue weighted by molar-refractivity contribution is 5.93. The van der Waals surface area contributed by atoms with Gasteiger partial charge in [0.1, 0.15) is 0 Å². The zero-order chi connectivity index (χ0) is 20.6. The lowest BCUT2D eigenvalue weighted by Crippen LogP contribution is -2.36. The van der Waals surface area contributed by atoms with Crippen molar-refractivity contribution in [2.45, 2.75) is 38.6 Å². The molecule has 0 radical (unpaired) electrons. The van der Waals surface area contributed by atoms with Gasteiger partial charge in [0.2, 0.25) is 11.8 Å². The molecule has 1 aliphatic rings. The van der Waals surface area contributed by atoms with Crippen molar-refractivity contribution < 1.29 is 14.3 Å². The number of carbonyl (C=O) groups is 2. The minimum Gasteiger partial charge on any atom is -0.481 e. The van der Waals surface area contributed by atoms with Gasteiger partial charge in [-0.05, 0) is 55.7 Å². The average Bonchev–Trinajstić information content (AvgIpc) is 2.77. The minimum atomic E-state index is -0.119. The van der Waals surface area contributed by atoms with Crippen LogP contribution in [0.4, 0.5) is 0 Å². The van der Waals surface area contributed by atoms with Gasteiger partial charge in [-0.15, -0.1) is 0 Å². The first-order valence-electron chi connectivity index (χ1n) is 10.0. The molecule has 3 rings (SSSR count). The Hall–Kier alpha value is -2.96. The normalized spacial score (nSPS) is 19.8. The number of hydrogen-bond donors (Lipinski definition) is 2. The number of methoxy groups -OCH3 is 1. The molecule has 0 saturated heterocycles. The molecule has 0 spiro atoms. The Kier molecular flexibility index (Phi) is 7.16. The number of hydrogen-bond acceptors (Lipinski definition) is 5. The molecule has 1 fully saturated rings. The van der Waals surface area contributed by atoms with Gasteiger partial charge >= 0.3 is 0 Å². The molecule has 29 heavy (non-hydrogen) atoms. The van der Waals surface area contributed by atoms with E-state index in [2.05, 4.69) is 20.6 Å². The van der Waals surface area contributed by atoms with Crippen LogP contribution < -0.4 is 15.4 Å². The van der Waals surface area contributed by atoms with Gasteiger partial charge < -0.3 is 15.4 Å². The Balaban J connectivity index is 1.51. The Morgan fingerprint density at radius 3 is 2.52 bits per heavy atom. The second-order valence-corrected chi connectivity index (χ2v) is 7.51. The first kappa shape index (κ1) is 20.8. The summed E-state index contributed by atoms with van der Waals surface area (Å²) in [6.07, 6.45) is 7.29. The van der Waals surface area contributed by atoms with E-state index < -0.39 is 0 Å². The van der Waals surface area contributed by atoms with Crippen molar-refractivity contribution in [3.8, 4) is 5.88 Å². The topological polar surface area (TPSA) is 93.2 Å². The Morgan fingerprint density at radius 2 is 1.93 bits per heavy atom. The van der Waals surface area contributed by atoms with Crippen LogP contribution >= 0.6 is 0 Å². The molecule has 2 aromatic heterocycles. The van der Waals surface area contributed by atoms with E-state index in [1.165, 1.54) is 6.20 Å². The van der Waals surface area contributed by atoms with Crippen molar-refractivity contribution in [2.75, 3.05) is 13.7 Å². The van der Waals surface area contributed by atoms with Gasteiger partial charge in [0, 0.05) is 31.9 Å². The Labute approximate surface area is 171 Å². The van der Waals surface area contributed by atoms with Crippen LogP contribution in [-0.4, -0.2) is 35.4 Å². The van der Waals surface area contributed by atoms with E-state index in [1.54, 1.807) is 32.4 Å². The highest BCUT2D eigenvalue weighted by Crippen LogP contribution is 2.36. The lowest BCUT2D eigenvalue weighted by atomic mass is 9.77. The number of aromatic nitrogens is 2. The highest BCUT2D eigenvalue weighted by atomic mass is 16.5. The average molecular weight is 396 g/mol. The maximum Gasteiger partial charge on any atom is 0.252 e. The number of pyridine rings is 2. The Morgan fingerprint density at radius 1 is 1.14 bits per heavy atom. The van der Waals surface area contributed by atoms with Gasteiger partial charge in [-0.2, -0.15) is 0 Å². The quantitative estimate of drug-likeness (QED) is 0.751. The van der Waals surface area contributed by atoms with Gasteiger partial charge in [0.15, 0.2) is 0 Å². The van der Waals surface area contributed by atoms with Crippen molar-refractivity contribution in [3.05, 3.63) is 54.0 Å². The maximum atomic E-state index is 12.3. The van der Waals surface area contributed by atoms with Crippen LogP contribution in [0, 0.1) is 11.8 Å². The summed E-state index contributed by atoms with van der Waals surface area (Å²) in [4.78, 5) is 32.5. The largest absolute Gasteiger partial charge is 0.481 e. The summed E-state index contributed by atoms with van der Waals surface area (Å²) in [5.74, 6) is 1.12. The predicted molar refractivity (Wildman–Crippen MR) is 109 cm³/mol. The van der Waals surface area contributed by atoms with Crippen LogP contribution in [0.15, 0.2) is 42.7 Å². The zero-order valence-electron chi connectivity index (χ0n) is 16.9. The van der Waals surface area contributed by atoms with E-state index in [4.69, 9.17) is 4.74 Å². The van der Waals surface area contributed by atoms with E-state index in [0.29, 0.717) is 29.8 Å². The molecule has 7 heteroatoms. The van der Waals surface area contributed by atoms with Gasteiger partial charge in [0.05, 0.1) is 24.4 Å². The van der Waals surface area contributed by atoms with Gasteiger partial charge in [-0.1, -0.05) is 6.07 Å². The van der Waals surface area contributed by atoms with E-state index in [9.17, 15) is 9.59 Å². The van der Waals surface area contributed by atoms with Crippen LogP contribution in [-0.2, 0) is 4.79 Å². The van der Waals surface area contributed by atoms with Crippen molar-refractivity contribution >= 4 is 11.8 Å². The summed E-state index contributed by atoms with van der Waals surface area (Å²) in [5, 5.41) is 6.09. The third-order valence-corrected chi connectivity index (χ3v) is 5.49. The monoisotopic (exact) mass is 396 g/mol. The zero-order valence-corrected chi connectivity index (χ0v) is 16.9. The SMILES string of the molecule is COc1ccc(C(=O)NCC2CCC([C@@H](NC(C)=O)c3ccccn3)CC2)cn1. The fourth-order valence-electron chi connectivity index (χ4n) is 3.91. The molecular weight excluding hydrogens is 368 g/mol.